The largest absolute Gasteiger partial charge is 0.494 e. The molecule has 4 nitrogen and oxygen atoms in total. The van der Waals surface area contributed by atoms with Crippen LogP contribution in [0.2, 0.25) is 0 Å². The number of aryl methyl sites for hydroxylation is 1. The van der Waals surface area contributed by atoms with Gasteiger partial charge >= 0.3 is 5.97 Å². The molecule has 5 rings (SSSR count). The third kappa shape index (κ3) is 5.83. The molecule has 5 heteroatoms. The second-order valence-electron chi connectivity index (χ2n) is 9.79. The Morgan fingerprint density at radius 2 is 1.61 bits per heavy atom. The zero-order chi connectivity index (χ0) is 24.2. The van der Waals surface area contributed by atoms with Crippen molar-refractivity contribution in [1.29, 1.82) is 0 Å². The molecule has 1 N–H and O–H groups in total. The fourth-order valence-electron chi connectivity index (χ4n) is 5.41. The van der Waals surface area contributed by atoms with Crippen LogP contribution in [0.1, 0.15) is 47.9 Å². The van der Waals surface area contributed by atoms with Gasteiger partial charge in [-0.2, -0.15) is 0 Å². The van der Waals surface area contributed by atoms with E-state index in [1.54, 1.807) is 0 Å². The molecule has 2 aliphatic rings. The van der Waals surface area contributed by atoms with Crippen LogP contribution in [0.25, 0.3) is 5.57 Å². The number of ether oxygens (including phenoxy) is 1. The summed E-state index contributed by atoms with van der Waals surface area (Å²) >= 11 is 0. The summed E-state index contributed by atoms with van der Waals surface area (Å²) in [5, 5.41) is 9.12. The quantitative estimate of drug-likeness (QED) is 0.365. The zero-order valence-electron chi connectivity index (χ0n) is 20.7. The molecule has 1 heterocycles. The minimum Gasteiger partial charge on any atom is -0.494 e. The summed E-state index contributed by atoms with van der Waals surface area (Å²) in [6.07, 6.45) is 2.95. The Bertz CT molecular complexity index is 1160. The second-order valence-corrected chi connectivity index (χ2v) is 9.79. The molecule has 1 saturated heterocycles. The van der Waals surface area contributed by atoms with Crippen molar-refractivity contribution >= 4 is 23.9 Å². The number of benzene rings is 3. The monoisotopic (exact) mass is 503 g/mol. The lowest BCUT2D eigenvalue weighted by Gasteiger charge is -2.38. The lowest BCUT2D eigenvalue weighted by Crippen LogP contribution is -2.50. The van der Waals surface area contributed by atoms with Crippen LogP contribution in [0, 0.1) is 5.92 Å². The topological polar surface area (TPSA) is 49.8 Å². The van der Waals surface area contributed by atoms with E-state index in [9.17, 15) is 4.79 Å². The molecule has 1 aliphatic carbocycles. The first-order valence-electron chi connectivity index (χ1n) is 12.6. The van der Waals surface area contributed by atoms with E-state index < -0.39 is 5.97 Å². The summed E-state index contributed by atoms with van der Waals surface area (Å²) in [6, 6.07) is 27.8. The summed E-state index contributed by atoms with van der Waals surface area (Å²) in [5.41, 5.74) is 8.06. The number of halogens is 1. The Kier molecular flexibility index (Phi) is 8.50. The lowest BCUT2D eigenvalue weighted by atomic mass is 9.85. The Morgan fingerprint density at radius 3 is 2.22 bits per heavy atom. The van der Waals surface area contributed by atoms with Gasteiger partial charge in [0.15, 0.2) is 0 Å². The number of hydrogen-bond acceptors (Lipinski definition) is 3. The highest BCUT2D eigenvalue weighted by Gasteiger charge is 2.33. The van der Waals surface area contributed by atoms with Gasteiger partial charge in [0.1, 0.15) is 5.75 Å². The molecule has 1 aliphatic heterocycles. The number of nitrogens with zero attached hydrogens (tertiary/aromatic N) is 1. The fraction of sp³-hybridized carbons (Fsp3) is 0.323. The first kappa shape index (κ1) is 26.0. The number of hydrogen-bond donors (Lipinski definition) is 1. The molecule has 0 aromatic heterocycles. The number of carboxylic acid groups (broad SMARTS) is 1. The van der Waals surface area contributed by atoms with Gasteiger partial charge in [-0.05, 0) is 66.1 Å². The highest BCUT2D eigenvalue weighted by molar-refractivity contribution is 5.85. The molecule has 0 unspecified atom stereocenters. The molecule has 188 valence electrons. The van der Waals surface area contributed by atoms with Crippen LogP contribution < -0.4 is 4.74 Å². The van der Waals surface area contributed by atoms with Crippen LogP contribution in [0.4, 0.5) is 0 Å². The fourth-order valence-corrected chi connectivity index (χ4v) is 5.41. The molecule has 0 atom stereocenters. The molecule has 0 saturated carbocycles. The summed E-state index contributed by atoms with van der Waals surface area (Å²) in [5.74, 6) is 0.374. The van der Waals surface area contributed by atoms with Crippen LogP contribution in [0.3, 0.4) is 0 Å². The predicted octanol–water partition coefficient (Wildman–Crippen LogP) is 6.45. The van der Waals surface area contributed by atoms with Gasteiger partial charge in [-0.15, -0.1) is 12.4 Å². The number of aliphatic carboxylic acids is 1. The third-order valence-electron chi connectivity index (χ3n) is 7.51. The molecule has 0 amide bonds. The van der Waals surface area contributed by atoms with Gasteiger partial charge in [0, 0.05) is 25.6 Å². The molecule has 36 heavy (non-hydrogen) atoms. The number of carbonyl (C=O) groups is 1. The number of fused-ring (bicyclic) bond motifs is 1. The highest BCUT2D eigenvalue weighted by Crippen LogP contribution is 2.35. The van der Waals surface area contributed by atoms with E-state index in [1.807, 2.05) is 0 Å². The summed E-state index contributed by atoms with van der Waals surface area (Å²) in [6.45, 7) is 5.07. The van der Waals surface area contributed by atoms with Crippen LogP contribution in [0.15, 0.2) is 84.4 Å². The Balaban J connectivity index is 0.00000304. The maximum Gasteiger partial charge on any atom is 0.309 e. The number of rotatable bonds is 9. The van der Waals surface area contributed by atoms with Crippen molar-refractivity contribution in [1.82, 2.24) is 4.90 Å². The lowest BCUT2D eigenvalue weighted by molar-refractivity contribution is -0.147. The van der Waals surface area contributed by atoms with Crippen molar-refractivity contribution in [2.24, 2.45) is 5.92 Å². The van der Waals surface area contributed by atoms with Crippen molar-refractivity contribution in [3.8, 4) is 5.75 Å². The number of likely N-dealkylation sites (tertiary alicyclic amines) is 1. The van der Waals surface area contributed by atoms with Crippen LogP contribution in [-0.4, -0.2) is 42.2 Å². The van der Waals surface area contributed by atoms with Gasteiger partial charge in [0.05, 0.1) is 12.5 Å². The Labute approximate surface area is 220 Å². The van der Waals surface area contributed by atoms with E-state index in [1.165, 1.54) is 33.4 Å². The van der Waals surface area contributed by atoms with Crippen molar-refractivity contribution < 1.29 is 14.6 Å². The number of allylic oxidation sites excluding steroid dienone is 1. The first-order chi connectivity index (χ1) is 17.1. The molecular formula is C31H34ClNO3. The highest BCUT2D eigenvalue weighted by atomic mass is 35.5. The molecule has 1 fully saturated rings. The van der Waals surface area contributed by atoms with Crippen molar-refractivity contribution in [3.63, 3.8) is 0 Å². The molecule has 3 aromatic carbocycles. The number of carboxylic acids is 1. The summed E-state index contributed by atoms with van der Waals surface area (Å²) < 4.78 is 6.25. The molecular weight excluding hydrogens is 470 g/mol. The summed E-state index contributed by atoms with van der Waals surface area (Å²) in [7, 11) is 0. The van der Waals surface area contributed by atoms with Gasteiger partial charge in [-0.25, -0.2) is 0 Å². The maximum atomic E-state index is 11.1. The van der Waals surface area contributed by atoms with E-state index in [0.717, 1.165) is 31.6 Å². The SMILES string of the molecule is CC1=C(CN2CC(C(=O)O)C2)CCc2cc(OCCC(c3ccccc3)c3ccccc3)ccc21.Cl. The minimum absolute atomic E-state index is 0. The van der Waals surface area contributed by atoms with Crippen molar-refractivity contribution in [2.75, 3.05) is 26.2 Å². The maximum absolute atomic E-state index is 11.1. The van der Waals surface area contributed by atoms with Gasteiger partial charge in [-0.3, -0.25) is 9.69 Å². The predicted molar refractivity (Wildman–Crippen MR) is 147 cm³/mol. The summed E-state index contributed by atoms with van der Waals surface area (Å²) in [4.78, 5) is 13.3. The van der Waals surface area contributed by atoms with Crippen LogP contribution >= 0.6 is 12.4 Å². The molecule has 0 spiro atoms. The smallest absolute Gasteiger partial charge is 0.309 e. The second kappa shape index (κ2) is 11.8. The van der Waals surface area contributed by atoms with Crippen molar-refractivity contribution in [3.05, 3.63) is 107 Å². The normalized spacial score (nSPS) is 15.7. The average Bonchev–Trinajstić information content (AvgIpc) is 2.86. The van der Waals surface area contributed by atoms with E-state index in [2.05, 4.69) is 90.7 Å². The van der Waals surface area contributed by atoms with Gasteiger partial charge in [-0.1, -0.05) is 72.3 Å². The van der Waals surface area contributed by atoms with E-state index in [4.69, 9.17) is 9.84 Å². The van der Waals surface area contributed by atoms with Crippen molar-refractivity contribution in [2.45, 2.75) is 32.1 Å². The zero-order valence-corrected chi connectivity index (χ0v) is 21.5. The molecule has 3 aromatic rings. The van der Waals surface area contributed by atoms with Gasteiger partial charge in [0.25, 0.3) is 0 Å². The Hall–Kier alpha value is -3.08. The van der Waals surface area contributed by atoms with Crippen LogP contribution in [-0.2, 0) is 11.2 Å². The molecule has 0 bridgehead atoms. The van der Waals surface area contributed by atoms with E-state index in [0.29, 0.717) is 25.6 Å². The molecule has 0 radical (unpaired) electrons. The van der Waals surface area contributed by atoms with Gasteiger partial charge < -0.3 is 9.84 Å². The van der Waals surface area contributed by atoms with E-state index >= 15 is 0 Å². The average molecular weight is 504 g/mol. The van der Waals surface area contributed by atoms with E-state index in [-0.39, 0.29) is 18.3 Å². The van der Waals surface area contributed by atoms with Gasteiger partial charge in [0.2, 0.25) is 0 Å². The third-order valence-corrected chi connectivity index (χ3v) is 7.51. The first-order valence-corrected chi connectivity index (χ1v) is 12.6. The minimum atomic E-state index is -0.674. The Morgan fingerprint density at radius 1 is 0.972 bits per heavy atom. The van der Waals surface area contributed by atoms with Crippen LogP contribution in [0.5, 0.6) is 5.75 Å². The standard InChI is InChI=1S/C31H33NO3.ClH/c1-22-26(19-32-20-27(21-32)31(33)34)13-12-25-18-28(14-15-29(22)25)35-17-16-30(23-8-4-2-5-9-23)24-10-6-3-7-11-24;/h2-11,14-15,18,27,30H,12-13,16-17,19-21H2,1H3,(H,33,34);1H.